The summed E-state index contributed by atoms with van der Waals surface area (Å²) in [5.41, 5.74) is 3.11. The van der Waals surface area contributed by atoms with Gasteiger partial charge in [-0.2, -0.15) is 0 Å². The van der Waals surface area contributed by atoms with Gasteiger partial charge in [-0.05, 0) is 59.4 Å². The number of benzene rings is 3. The summed E-state index contributed by atoms with van der Waals surface area (Å²) >= 11 is 6.49. The SMILES string of the molecule is CCC(CO)OC(CO)OC.CCC(CO)OC(COC(=O)NCCC(=O)N[C@H](C(=O)Oc1cc2c(c3ccccc13)[C@H](CCl)CN2C(=O)c1cc2cc(CO)c(CO)c(CO)c2[nH]1)C(C)C)OC.CCC(CO)OC(COC(=O)NCCC(=O)O)OC. The summed E-state index contributed by atoms with van der Waals surface area (Å²) in [7, 11) is 4.22. The second-order valence-electron chi connectivity index (χ2n) is 20.1. The molecule has 0 spiro atoms. The zero-order valence-corrected chi connectivity index (χ0v) is 51.7. The molecule has 0 saturated heterocycles. The van der Waals surface area contributed by atoms with Crippen LogP contribution in [0.15, 0.2) is 42.5 Å². The summed E-state index contributed by atoms with van der Waals surface area (Å²) in [6.07, 6.45) is -3.46. The number of aromatic nitrogens is 1. The molecule has 3 aromatic carbocycles. The molecule has 1 aromatic heterocycles. The van der Waals surface area contributed by atoms with Gasteiger partial charge in [0.15, 0.2) is 18.9 Å². The fourth-order valence-corrected chi connectivity index (χ4v) is 9.10. The number of carbonyl (C=O) groups is 6. The predicted molar refractivity (Wildman–Crippen MR) is 319 cm³/mol. The minimum Gasteiger partial charge on any atom is -0.481 e. The number of carboxylic acids is 1. The lowest BCUT2D eigenvalue weighted by atomic mass is 9.95. The lowest BCUT2D eigenvalue weighted by molar-refractivity contribution is -0.181. The zero-order chi connectivity index (χ0) is 65.5. The molecule has 4 aromatic rings. The highest BCUT2D eigenvalue weighted by atomic mass is 35.5. The van der Waals surface area contributed by atoms with E-state index < -0.39 is 86.1 Å². The Kier molecular flexibility index (Phi) is 34.8. The van der Waals surface area contributed by atoms with Crippen molar-refractivity contribution in [1.29, 1.82) is 0 Å². The molecule has 0 aliphatic carbocycles. The van der Waals surface area contributed by atoms with Crippen LogP contribution in [0.1, 0.15) is 105 Å². The number of aliphatic hydroxyl groups is 7. The number of ether oxygens (including phenoxy) is 9. The summed E-state index contributed by atoms with van der Waals surface area (Å²) in [6.45, 7) is 6.97. The van der Waals surface area contributed by atoms with E-state index >= 15 is 0 Å². The van der Waals surface area contributed by atoms with Gasteiger partial charge in [0.05, 0.1) is 82.2 Å². The molecule has 0 radical (unpaired) electrons. The maximum absolute atomic E-state index is 14.3. The molecule has 12 N–H and O–H groups in total. The van der Waals surface area contributed by atoms with E-state index in [9.17, 15) is 49.2 Å². The Morgan fingerprint density at radius 2 is 1.20 bits per heavy atom. The van der Waals surface area contributed by atoms with Crippen LogP contribution in [-0.4, -0.2) is 211 Å². The van der Waals surface area contributed by atoms with E-state index in [1.54, 1.807) is 49.1 Å². The van der Waals surface area contributed by atoms with E-state index in [1.807, 2.05) is 32.9 Å². The Labute approximate surface area is 515 Å². The molecule has 88 heavy (non-hydrogen) atoms. The van der Waals surface area contributed by atoms with Crippen LogP contribution in [0.2, 0.25) is 0 Å². The van der Waals surface area contributed by atoms with Crippen molar-refractivity contribution in [3.8, 4) is 5.75 Å². The number of halogens is 1. The first-order chi connectivity index (χ1) is 42.2. The van der Waals surface area contributed by atoms with Gasteiger partial charge >= 0.3 is 24.1 Å². The third-order valence-corrected chi connectivity index (χ3v) is 14.2. The van der Waals surface area contributed by atoms with Crippen molar-refractivity contribution in [3.05, 3.63) is 70.4 Å². The second kappa shape index (κ2) is 40.3. The van der Waals surface area contributed by atoms with Crippen LogP contribution in [0.25, 0.3) is 21.7 Å². The number of esters is 1. The number of nitrogens with one attached hydrogen (secondary N) is 4. The number of H-pyrrole nitrogens is 1. The minimum absolute atomic E-state index is 0.0130. The number of carboxylic acid groups (broad SMARTS) is 1. The smallest absolute Gasteiger partial charge is 0.407 e. The Morgan fingerprint density at radius 3 is 1.66 bits per heavy atom. The van der Waals surface area contributed by atoms with Crippen LogP contribution in [-0.2, 0) is 72.1 Å². The van der Waals surface area contributed by atoms with E-state index in [0.717, 1.165) is 10.9 Å². The van der Waals surface area contributed by atoms with Crippen molar-refractivity contribution in [2.45, 2.75) is 136 Å². The number of aliphatic hydroxyl groups excluding tert-OH is 7. The van der Waals surface area contributed by atoms with Crippen molar-refractivity contribution in [3.63, 3.8) is 0 Å². The third kappa shape index (κ3) is 22.9. The van der Waals surface area contributed by atoms with Gasteiger partial charge in [-0.3, -0.25) is 14.4 Å². The largest absolute Gasteiger partial charge is 0.481 e. The highest BCUT2D eigenvalue weighted by Gasteiger charge is 2.37. The number of carbonyl (C=O) groups excluding carboxylic acids is 5. The van der Waals surface area contributed by atoms with E-state index in [-0.39, 0.29) is 114 Å². The van der Waals surface area contributed by atoms with Gasteiger partial charge in [-0.15, -0.1) is 11.6 Å². The first kappa shape index (κ1) is 75.9. The lowest BCUT2D eigenvalue weighted by Crippen LogP contribution is -2.47. The average molecular weight is 1270 g/mol. The Balaban J connectivity index is 0.000000553. The number of fused-ring (bicyclic) bond motifs is 4. The van der Waals surface area contributed by atoms with E-state index in [0.29, 0.717) is 57.9 Å². The maximum atomic E-state index is 14.3. The quantitative estimate of drug-likeness (QED) is 0.0136. The lowest BCUT2D eigenvalue weighted by Gasteiger charge is -2.23. The molecule has 2 heterocycles. The van der Waals surface area contributed by atoms with Gasteiger partial charge < -0.3 is 109 Å². The Hall–Kier alpha value is -6.35. The fourth-order valence-electron chi connectivity index (χ4n) is 8.84. The molecule has 28 nitrogen and oxygen atoms in total. The number of amides is 4. The Morgan fingerprint density at radius 1 is 0.682 bits per heavy atom. The molecule has 6 unspecified atom stereocenters. The van der Waals surface area contributed by atoms with Gasteiger partial charge in [-0.1, -0.05) is 58.9 Å². The van der Waals surface area contributed by atoms with Crippen molar-refractivity contribution < 1.29 is 112 Å². The highest BCUT2D eigenvalue weighted by Crippen LogP contribution is 2.46. The fraction of sp³-hybridized carbons (Fsp3) is 0.593. The number of alkyl carbamates (subject to hydrolysis) is 2. The summed E-state index contributed by atoms with van der Waals surface area (Å²) < 4.78 is 46.7. The first-order valence-corrected chi connectivity index (χ1v) is 29.2. The van der Waals surface area contributed by atoms with Gasteiger partial charge in [0.1, 0.15) is 30.7 Å². The first-order valence-electron chi connectivity index (χ1n) is 28.7. The molecular weight excluding hydrogens is 1180 g/mol. The number of alkyl halides is 1. The molecule has 0 saturated carbocycles. The van der Waals surface area contributed by atoms with Gasteiger partial charge in [-0.25, -0.2) is 14.4 Å². The average Bonchev–Trinajstić information content (AvgIpc) is 1.72. The van der Waals surface area contributed by atoms with Gasteiger partial charge in [0.2, 0.25) is 5.91 Å². The van der Waals surface area contributed by atoms with E-state index in [2.05, 4.69) is 20.9 Å². The number of anilines is 1. The van der Waals surface area contributed by atoms with Crippen molar-refractivity contribution in [2.24, 2.45) is 5.92 Å². The van der Waals surface area contributed by atoms with E-state index in [4.69, 9.17) is 74.7 Å². The van der Waals surface area contributed by atoms with Gasteiger partial charge in [0, 0.05) is 81.6 Å². The number of hydrogen-bond donors (Lipinski definition) is 12. The molecule has 0 fully saturated rings. The number of rotatable bonds is 35. The molecule has 0 bridgehead atoms. The summed E-state index contributed by atoms with van der Waals surface area (Å²) in [4.78, 5) is 79.4. The van der Waals surface area contributed by atoms with Crippen molar-refractivity contribution in [1.82, 2.24) is 20.9 Å². The molecule has 1 aliphatic rings. The van der Waals surface area contributed by atoms with Crippen LogP contribution >= 0.6 is 11.6 Å². The normalized spacial score (nSPS) is 15.1. The summed E-state index contributed by atoms with van der Waals surface area (Å²) in [6, 6.07) is 11.1. The second-order valence-corrected chi connectivity index (χ2v) is 20.4. The van der Waals surface area contributed by atoms with Crippen LogP contribution in [0.4, 0.5) is 15.3 Å². The van der Waals surface area contributed by atoms with Gasteiger partial charge in [0.25, 0.3) is 5.91 Å². The number of aromatic amines is 1. The predicted octanol–water partition coefficient (Wildman–Crippen LogP) is 3.39. The molecular formula is C59H88ClN5O23. The number of methoxy groups -OCH3 is 3. The molecule has 4 amide bonds. The third-order valence-electron chi connectivity index (χ3n) is 13.8. The molecule has 5 rings (SSSR count). The van der Waals surface area contributed by atoms with Crippen LogP contribution < -0.4 is 25.6 Å². The standard InChI is InChI=1S/C41H51ClN4O12.C11H21NO7.C7H16O4/c1-5-26(18-48)57-35(55-4)21-56-41(54)43-11-10-34(51)45-37(22(2)3)40(53)58-33-14-32-36(28-9-7-6-8-27(28)33)25(15-42)16-46(32)39(52)31-13-23-12-24(17-47)29(19-49)30(20-50)38(23)44-31;1-3-8(6-13)19-10(17-2)7-18-11(16)12-5-4-9(14)15;1-3-6(4-8)11-7(5-9)10-2/h6-9,12-14,22,25-26,35,37,44,47-50H,5,10-11,15-21H2,1-4H3,(H,43,54)(H,45,51);8,10,13H,3-7H2,1-2H3,(H,12,16)(H,14,15);6-9H,3-5H2,1-2H3/t25-,26?,35?,37+;;/m1../s1. The Bertz CT molecular complexity index is 2780. The van der Waals surface area contributed by atoms with E-state index in [1.165, 1.54) is 21.3 Å². The minimum atomic E-state index is -1.07. The number of hydrogen-bond acceptors (Lipinski definition) is 22. The topological polar surface area (TPSA) is 402 Å². The summed E-state index contributed by atoms with van der Waals surface area (Å²) in [5.74, 6) is -2.99. The monoisotopic (exact) mass is 1270 g/mol. The zero-order valence-electron chi connectivity index (χ0n) is 51.0. The summed E-state index contributed by atoms with van der Waals surface area (Å²) in [5, 5.41) is 83.4. The van der Waals surface area contributed by atoms with Crippen molar-refractivity contribution >= 4 is 74.9 Å². The van der Waals surface area contributed by atoms with Crippen molar-refractivity contribution in [2.75, 3.05) is 91.4 Å². The number of nitrogens with zero attached hydrogens (tertiary/aromatic N) is 1. The molecule has 494 valence electrons. The van der Waals surface area contributed by atoms with Crippen LogP contribution in [0.5, 0.6) is 5.75 Å². The van der Waals surface area contributed by atoms with Crippen LogP contribution in [0, 0.1) is 5.92 Å². The molecule has 1 aliphatic heterocycles. The van der Waals surface area contributed by atoms with Crippen LogP contribution in [0.3, 0.4) is 0 Å². The molecule has 29 heteroatoms. The number of aliphatic carboxylic acids is 1. The molecule has 8 atom stereocenters. The highest BCUT2D eigenvalue weighted by molar-refractivity contribution is 6.19. The maximum Gasteiger partial charge on any atom is 0.407 e.